The Morgan fingerprint density at radius 3 is 1.91 bits per heavy atom. The normalized spacial score (nSPS) is 22.9. The van der Waals surface area contributed by atoms with Crippen LogP contribution in [0.4, 0.5) is 0 Å². The van der Waals surface area contributed by atoms with Gasteiger partial charge in [-0.25, -0.2) is 0 Å². The monoisotopic (exact) mass is 156 g/mol. The van der Waals surface area contributed by atoms with Gasteiger partial charge in [0.05, 0.1) is 6.61 Å². The lowest BCUT2D eigenvalue weighted by Gasteiger charge is -2.51. The zero-order chi connectivity index (χ0) is 8.54. The topological polar surface area (TPSA) is 9.23 Å². The lowest BCUT2D eigenvalue weighted by Crippen LogP contribution is -2.45. The quantitative estimate of drug-likeness (QED) is 0.597. The van der Waals surface area contributed by atoms with Crippen molar-refractivity contribution >= 4 is 0 Å². The van der Waals surface area contributed by atoms with Crippen LogP contribution in [0.5, 0.6) is 0 Å². The van der Waals surface area contributed by atoms with Crippen LogP contribution >= 0.6 is 0 Å². The predicted octanol–water partition coefficient (Wildman–Crippen LogP) is 2.85. The van der Waals surface area contributed by atoms with Crippen molar-refractivity contribution in [1.29, 1.82) is 0 Å². The molecule has 0 aromatic heterocycles. The van der Waals surface area contributed by atoms with E-state index in [1.807, 2.05) is 7.11 Å². The summed E-state index contributed by atoms with van der Waals surface area (Å²) in [6.07, 6.45) is 4.09. The van der Waals surface area contributed by atoms with E-state index in [0.717, 1.165) is 6.61 Å². The molecule has 0 bridgehead atoms. The van der Waals surface area contributed by atoms with Gasteiger partial charge in [-0.3, -0.25) is 0 Å². The highest BCUT2D eigenvalue weighted by Gasteiger charge is 2.46. The van der Waals surface area contributed by atoms with Crippen LogP contribution in [0.25, 0.3) is 0 Å². The molecule has 0 atom stereocenters. The molecule has 1 heteroatoms. The molecule has 0 aromatic rings. The molecule has 1 aliphatic rings. The van der Waals surface area contributed by atoms with Gasteiger partial charge in [-0.1, -0.05) is 27.2 Å². The van der Waals surface area contributed by atoms with Crippen molar-refractivity contribution < 1.29 is 4.74 Å². The fourth-order valence-corrected chi connectivity index (χ4v) is 1.99. The van der Waals surface area contributed by atoms with Gasteiger partial charge in [0.2, 0.25) is 0 Å². The van der Waals surface area contributed by atoms with Crippen molar-refractivity contribution in [3.05, 3.63) is 0 Å². The van der Waals surface area contributed by atoms with Gasteiger partial charge in [-0.05, 0) is 23.7 Å². The minimum Gasteiger partial charge on any atom is -0.384 e. The van der Waals surface area contributed by atoms with E-state index in [1.165, 1.54) is 19.3 Å². The molecule has 0 unspecified atom stereocenters. The van der Waals surface area contributed by atoms with Gasteiger partial charge >= 0.3 is 0 Å². The van der Waals surface area contributed by atoms with Crippen molar-refractivity contribution in [2.45, 2.75) is 40.0 Å². The number of hydrogen-bond donors (Lipinski definition) is 0. The van der Waals surface area contributed by atoms with E-state index in [1.54, 1.807) is 0 Å². The van der Waals surface area contributed by atoms with E-state index in [4.69, 9.17) is 4.74 Å². The zero-order valence-corrected chi connectivity index (χ0v) is 8.24. The number of hydrogen-bond acceptors (Lipinski definition) is 1. The van der Waals surface area contributed by atoms with Gasteiger partial charge in [0.15, 0.2) is 0 Å². The maximum absolute atomic E-state index is 5.28. The molecule has 0 saturated heterocycles. The van der Waals surface area contributed by atoms with Crippen LogP contribution in [0.2, 0.25) is 0 Å². The number of rotatable bonds is 2. The average molecular weight is 156 g/mol. The molecule has 1 nitrogen and oxygen atoms in total. The summed E-state index contributed by atoms with van der Waals surface area (Å²) in [6, 6.07) is 0. The summed E-state index contributed by atoms with van der Waals surface area (Å²) in [4.78, 5) is 0. The molecule has 1 fully saturated rings. The maximum atomic E-state index is 5.28. The first kappa shape index (κ1) is 9.05. The third-order valence-corrected chi connectivity index (χ3v) is 3.32. The van der Waals surface area contributed by atoms with E-state index in [0.29, 0.717) is 10.8 Å². The van der Waals surface area contributed by atoms with Gasteiger partial charge in [0.1, 0.15) is 0 Å². The highest BCUT2D eigenvalue weighted by molar-refractivity contribution is 4.96. The number of ether oxygens (including phenoxy) is 1. The van der Waals surface area contributed by atoms with E-state index in [2.05, 4.69) is 20.8 Å². The van der Waals surface area contributed by atoms with E-state index in [9.17, 15) is 0 Å². The fourth-order valence-electron chi connectivity index (χ4n) is 1.99. The molecule has 0 heterocycles. The first-order valence-electron chi connectivity index (χ1n) is 4.51. The highest BCUT2D eigenvalue weighted by Crippen LogP contribution is 2.53. The third-order valence-electron chi connectivity index (χ3n) is 3.32. The standard InChI is InChI=1S/C10H20O/c1-9(2,3)10(8-11-4)6-5-7-10/h5-8H2,1-4H3. The fraction of sp³-hybridized carbons (Fsp3) is 1.00. The molecule has 66 valence electrons. The molecule has 0 aromatic carbocycles. The Morgan fingerprint density at radius 2 is 1.82 bits per heavy atom. The minimum atomic E-state index is 0.418. The van der Waals surface area contributed by atoms with Crippen LogP contribution < -0.4 is 0 Å². The summed E-state index contributed by atoms with van der Waals surface area (Å²) in [5.41, 5.74) is 0.906. The van der Waals surface area contributed by atoms with Crippen molar-refractivity contribution in [1.82, 2.24) is 0 Å². The second-order valence-corrected chi connectivity index (χ2v) is 4.82. The molecule has 0 aliphatic heterocycles. The van der Waals surface area contributed by atoms with Gasteiger partial charge in [-0.15, -0.1) is 0 Å². The van der Waals surface area contributed by atoms with Crippen LogP contribution in [-0.4, -0.2) is 13.7 Å². The molecule has 0 spiro atoms. The van der Waals surface area contributed by atoms with Crippen LogP contribution in [0.15, 0.2) is 0 Å². The molecule has 0 radical (unpaired) electrons. The average Bonchev–Trinajstić information content (AvgIpc) is 1.75. The van der Waals surface area contributed by atoms with Gasteiger partial charge in [0, 0.05) is 7.11 Å². The molecule has 0 amide bonds. The Balaban J connectivity index is 2.60. The first-order valence-corrected chi connectivity index (χ1v) is 4.51. The molecular formula is C10H20O. The Labute approximate surface area is 70.1 Å². The largest absolute Gasteiger partial charge is 0.384 e. The molecule has 1 rings (SSSR count). The maximum Gasteiger partial charge on any atom is 0.0523 e. The predicted molar refractivity (Wildman–Crippen MR) is 47.6 cm³/mol. The Bertz CT molecular complexity index is 128. The summed E-state index contributed by atoms with van der Waals surface area (Å²) in [7, 11) is 1.81. The van der Waals surface area contributed by atoms with Crippen LogP contribution in [0.3, 0.4) is 0 Å². The van der Waals surface area contributed by atoms with Crippen molar-refractivity contribution in [2.75, 3.05) is 13.7 Å². The van der Waals surface area contributed by atoms with Crippen molar-refractivity contribution in [3.8, 4) is 0 Å². The highest BCUT2D eigenvalue weighted by atomic mass is 16.5. The second kappa shape index (κ2) is 2.78. The summed E-state index contributed by atoms with van der Waals surface area (Å²) < 4.78 is 5.28. The van der Waals surface area contributed by atoms with Gasteiger partial charge in [0.25, 0.3) is 0 Å². The molecule has 1 saturated carbocycles. The Morgan fingerprint density at radius 1 is 1.27 bits per heavy atom. The minimum absolute atomic E-state index is 0.418. The smallest absolute Gasteiger partial charge is 0.0523 e. The van der Waals surface area contributed by atoms with Crippen LogP contribution in [0, 0.1) is 10.8 Å². The van der Waals surface area contributed by atoms with E-state index in [-0.39, 0.29) is 0 Å². The lowest BCUT2D eigenvalue weighted by atomic mass is 9.55. The summed E-state index contributed by atoms with van der Waals surface area (Å²) in [5, 5.41) is 0. The summed E-state index contributed by atoms with van der Waals surface area (Å²) in [6.45, 7) is 7.91. The SMILES string of the molecule is COCC1(C(C)(C)C)CCC1. The third kappa shape index (κ3) is 1.44. The van der Waals surface area contributed by atoms with Gasteiger partial charge < -0.3 is 4.74 Å². The zero-order valence-electron chi connectivity index (χ0n) is 8.24. The molecule has 11 heavy (non-hydrogen) atoms. The van der Waals surface area contributed by atoms with Gasteiger partial charge in [-0.2, -0.15) is 0 Å². The molecular weight excluding hydrogens is 136 g/mol. The van der Waals surface area contributed by atoms with Crippen LogP contribution in [0.1, 0.15) is 40.0 Å². The van der Waals surface area contributed by atoms with Crippen LogP contribution in [-0.2, 0) is 4.74 Å². The van der Waals surface area contributed by atoms with Crippen molar-refractivity contribution in [3.63, 3.8) is 0 Å². The van der Waals surface area contributed by atoms with E-state index < -0.39 is 0 Å². The summed E-state index contributed by atoms with van der Waals surface area (Å²) in [5.74, 6) is 0. The molecule has 0 N–H and O–H groups in total. The Kier molecular flexibility index (Phi) is 2.29. The lowest BCUT2D eigenvalue weighted by molar-refractivity contribution is -0.0670. The number of methoxy groups -OCH3 is 1. The first-order chi connectivity index (χ1) is 5.02. The van der Waals surface area contributed by atoms with Crippen molar-refractivity contribution in [2.24, 2.45) is 10.8 Å². The molecule has 1 aliphatic carbocycles. The van der Waals surface area contributed by atoms with E-state index >= 15 is 0 Å². The Hall–Kier alpha value is -0.0400. The second-order valence-electron chi connectivity index (χ2n) is 4.82. The summed E-state index contributed by atoms with van der Waals surface area (Å²) >= 11 is 0.